The lowest BCUT2D eigenvalue weighted by Gasteiger charge is -2.10. The van der Waals surface area contributed by atoms with Crippen molar-refractivity contribution in [2.45, 2.75) is 13.5 Å². The molecular weight excluding hydrogens is 294 g/mol. The number of rotatable bonds is 4. The smallest absolute Gasteiger partial charge is 0.231 e. The Balaban J connectivity index is 1.80. The van der Waals surface area contributed by atoms with Crippen LogP contribution in [-0.4, -0.2) is 23.0 Å². The zero-order chi connectivity index (χ0) is 14.8. The average Bonchev–Trinajstić information content (AvgIpc) is 2.92. The quantitative estimate of drug-likeness (QED) is 0.691. The van der Waals surface area contributed by atoms with Crippen LogP contribution in [0.4, 0.5) is 5.82 Å². The summed E-state index contributed by atoms with van der Waals surface area (Å²) in [7, 11) is 0. The highest BCUT2D eigenvalue weighted by Crippen LogP contribution is 2.32. The van der Waals surface area contributed by atoms with Crippen molar-refractivity contribution >= 4 is 23.7 Å². The minimum absolute atomic E-state index is 0.144. The number of hydrogen-bond acceptors (Lipinski definition) is 6. The first kappa shape index (κ1) is 13.6. The summed E-state index contributed by atoms with van der Waals surface area (Å²) < 4.78 is 10.6. The van der Waals surface area contributed by atoms with Gasteiger partial charge in [-0.3, -0.25) is 4.79 Å². The van der Waals surface area contributed by atoms with Crippen LogP contribution in [0.2, 0.25) is 5.15 Å². The average molecular weight is 306 g/mol. The van der Waals surface area contributed by atoms with E-state index < -0.39 is 0 Å². The zero-order valence-electron chi connectivity index (χ0n) is 11.2. The lowest BCUT2D eigenvalue weighted by atomic mass is 10.2. The predicted molar refractivity (Wildman–Crippen MR) is 77.1 cm³/mol. The molecule has 1 aliphatic rings. The van der Waals surface area contributed by atoms with Crippen LogP contribution in [-0.2, 0) is 6.54 Å². The number of aldehydes is 1. The number of carbonyl (C=O) groups is 1. The third-order valence-corrected chi connectivity index (χ3v) is 3.31. The van der Waals surface area contributed by atoms with Crippen LogP contribution in [0.25, 0.3) is 0 Å². The summed E-state index contributed by atoms with van der Waals surface area (Å²) in [6, 6.07) is 5.64. The van der Waals surface area contributed by atoms with Gasteiger partial charge < -0.3 is 14.8 Å². The highest BCUT2D eigenvalue weighted by Gasteiger charge is 2.14. The van der Waals surface area contributed by atoms with Crippen LogP contribution >= 0.6 is 11.6 Å². The Morgan fingerprint density at radius 2 is 2.14 bits per heavy atom. The topological polar surface area (TPSA) is 73.3 Å². The highest BCUT2D eigenvalue weighted by molar-refractivity contribution is 6.32. The molecule has 0 saturated heterocycles. The van der Waals surface area contributed by atoms with Crippen LogP contribution < -0.4 is 14.8 Å². The molecule has 7 heteroatoms. The summed E-state index contributed by atoms with van der Waals surface area (Å²) in [5, 5.41) is 3.23. The Morgan fingerprint density at radius 1 is 1.33 bits per heavy atom. The maximum atomic E-state index is 11.1. The van der Waals surface area contributed by atoms with Gasteiger partial charge in [-0.25, -0.2) is 9.97 Å². The SMILES string of the molecule is Cc1nc(Cl)c(C=O)c(NCc2ccc3c(c2)OCO3)n1. The number of nitrogens with one attached hydrogen (secondary N) is 1. The first-order valence-electron chi connectivity index (χ1n) is 6.29. The Labute approximate surface area is 126 Å². The van der Waals surface area contributed by atoms with Crippen molar-refractivity contribution < 1.29 is 14.3 Å². The van der Waals surface area contributed by atoms with E-state index in [2.05, 4.69) is 15.3 Å². The maximum Gasteiger partial charge on any atom is 0.231 e. The van der Waals surface area contributed by atoms with E-state index in [-0.39, 0.29) is 17.5 Å². The van der Waals surface area contributed by atoms with Crippen LogP contribution in [0, 0.1) is 6.92 Å². The van der Waals surface area contributed by atoms with Crippen LogP contribution in [0.1, 0.15) is 21.7 Å². The van der Waals surface area contributed by atoms with Gasteiger partial charge in [0, 0.05) is 6.54 Å². The molecule has 108 valence electrons. The number of nitrogens with zero attached hydrogens (tertiary/aromatic N) is 2. The van der Waals surface area contributed by atoms with Gasteiger partial charge in [0.2, 0.25) is 6.79 Å². The first-order valence-corrected chi connectivity index (χ1v) is 6.67. The number of anilines is 1. The molecule has 0 fully saturated rings. The first-order chi connectivity index (χ1) is 10.2. The maximum absolute atomic E-state index is 11.1. The van der Waals surface area contributed by atoms with Crippen molar-refractivity contribution in [3.8, 4) is 11.5 Å². The van der Waals surface area contributed by atoms with E-state index in [1.165, 1.54) is 0 Å². The molecule has 0 spiro atoms. The lowest BCUT2D eigenvalue weighted by Crippen LogP contribution is -2.07. The minimum atomic E-state index is 0.144. The van der Waals surface area contributed by atoms with Crippen LogP contribution in [0.3, 0.4) is 0 Å². The van der Waals surface area contributed by atoms with Crippen LogP contribution in [0.15, 0.2) is 18.2 Å². The molecular formula is C14H12ClN3O3. The van der Waals surface area contributed by atoms with E-state index in [0.717, 1.165) is 11.3 Å². The molecule has 1 aromatic heterocycles. The van der Waals surface area contributed by atoms with Crippen LogP contribution in [0.5, 0.6) is 11.5 Å². The molecule has 0 amide bonds. The second kappa shape index (κ2) is 5.57. The van der Waals surface area contributed by atoms with Gasteiger partial charge in [0.05, 0.1) is 5.56 Å². The Morgan fingerprint density at radius 3 is 2.95 bits per heavy atom. The van der Waals surface area contributed by atoms with Crippen molar-refractivity contribution in [2.24, 2.45) is 0 Å². The summed E-state index contributed by atoms with van der Waals surface area (Å²) in [4.78, 5) is 19.2. The summed E-state index contributed by atoms with van der Waals surface area (Å²) in [5.41, 5.74) is 1.23. The van der Waals surface area contributed by atoms with Gasteiger partial charge >= 0.3 is 0 Å². The van der Waals surface area contributed by atoms with E-state index in [9.17, 15) is 4.79 Å². The van der Waals surface area contributed by atoms with Gasteiger partial charge in [-0.05, 0) is 24.6 Å². The van der Waals surface area contributed by atoms with Gasteiger partial charge in [0.25, 0.3) is 0 Å². The summed E-state index contributed by atoms with van der Waals surface area (Å²) in [6.07, 6.45) is 0.643. The lowest BCUT2D eigenvalue weighted by molar-refractivity contribution is 0.112. The van der Waals surface area contributed by atoms with Gasteiger partial charge in [0.1, 0.15) is 16.8 Å². The largest absolute Gasteiger partial charge is 0.454 e. The number of halogens is 1. The Hall–Kier alpha value is -2.34. The molecule has 0 unspecified atom stereocenters. The normalized spacial score (nSPS) is 12.3. The number of fused-ring (bicyclic) bond motifs is 1. The van der Waals surface area contributed by atoms with Gasteiger partial charge in [-0.2, -0.15) is 0 Å². The molecule has 0 saturated carbocycles. The van der Waals surface area contributed by atoms with Gasteiger partial charge in [-0.15, -0.1) is 0 Å². The summed E-state index contributed by atoms with van der Waals surface area (Å²) in [6.45, 7) is 2.43. The molecule has 0 aliphatic carbocycles. The number of aromatic nitrogens is 2. The summed E-state index contributed by atoms with van der Waals surface area (Å²) >= 11 is 5.93. The Bertz CT molecular complexity index is 706. The third-order valence-electron chi connectivity index (χ3n) is 3.03. The molecule has 1 N–H and O–H groups in total. The fourth-order valence-electron chi connectivity index (χ4n) is 2.02. The van der Waals surface area contributed by atoms with E-state index >= 15 is 0 Å². The zero-order valence-corrected chi connectivity index (χ0v) is 12.0. The van der Waals surface area contributed by atoms with E-state index in [1.807, 2.05) is 18.2 Å². The van der Waals surface area contributed by atoms with Crippen molar-refractivity contribution in [1.29, 1.82) is 0 Å². The van der Waals surface area contributed by atoms with E-state index in [4.69, 9.17) is 21.1 Å². The molecule has 3 rings (SSSR count). The summed E-state index contributed by atoms with van der Waals surface area (Å²) in [5.74, 6) is 2.36. The molecule has 0 bridgehead atoms. The van der Waals surface area contributed by atoms with Gasteiger partial charge in [-0.1, -0.05) is 17.7 Å². The van der Waals surface area contributed by atoms with Crippen molar-refractivity contribution in [1.82, 2.24) is 9.97 Å². The monoisotopic (exact) mass is 305 g/mol. The number of aryl methyl sites for hydroxylation is 1. The fourth-order valence-corrected chi connectivity index (χ4v) is 2.28. The minimum Gasteiger partial charge on any atom is -0.454 e. The standard InChI is InChI=1S/C14H12ClN3O3/c1-8-17-13(15)10(6-19)14(18-8)16-5-9-2-3-11-12(4-9)21-7-20-11/h2-4,6H,5,7H2,1H3,(H,16,17,18). The van der Waals surface area contributed by atoms with Gasteiger partial charge in [0.15, 0.2) is 17.8 Å². The molecule has 0 radical (unpaired) electrons. The second-order valence-electron chi connectivity index (χ2n) is 4.48. The Kier molecular flexibility index (Phi) is 3.62. The molecule has 1 aliphatic heterocycles. The molecule has 0 atom stereocenters. The molecule has 2 heterocycles. The number of ether oxygens (including phenoxy) is 2. The molecule has 2 aromatic rings. The van der Waals surface area contributed by atoms with E-state index in [0.29, 0.717) is 30.2 Å². The number of carbonyl (C=O) groups excluding carboxylic acids is 1. The second-order valence-corrected chi connectivity index (χ2v) is 4.84. The van der Waals surface area contributed by atoms with E-state index in [1.54, 1.807) is 6.92 Å². The molecule has 1 aromatic carbocycles. The van der Waals surface area contributed by atoms with Crippen molar-refractivity contribution in [3.05, 3.63) is 40.3 Å². The third kappa shape index (κ3) is 2.75. The highest BCUT2D eigenvalue weighted by atomic mass is 35.5. The number of benzene rings is 1. The fraction of sp³-hybridized carbons (Fsp3) is 0.214. The predicted octanol–water partition coefficient (Wildman–Crippen LogP) is 2.59. The van der Waals surface area contributed by atoms with Crippen molar-refractivity contribution in [2.75, 3.05) is 12.1 Å². The van der Waals surface area contributed by atoms with Crippen molar-refractivity contribution in [3.63, 3.8) is 0 Å². The number of hydrogen-bond donors (Lipinski definition) is 1. The molecule has 6 nitrogen and oxygen atoms in total. The molecule has 21 heavy (non-hydrogen) atoms.